The number of nitrogens with zero attached hydrogens (tertiary/aromatic N) is 3. The summed E-state index contributed by atoms with van der Waals surface area (Å²) in [6.45, 7) is -0.620. The average molecular weight is 300 g/mol. The van der Waals surface area contributed by atoms with Crippen LogP contribution in [-0.2, 0) is 6.54 Å². The molecule has 0 spiro atoms. The van der Waals surface area contributed by atoms with E-state index in [9.17, 15) is 9.18 Å². The van der Waals surface area contributed by atoms with Gasteiger partial charge in [-0.25, -0.2) is 14.4 Å². The summed E-state index contributed by atoms with van der Waals surface area (Å²) >= 11 is 0. The Balaban J connectivity index is 2.16. The summed E-state index contributed by atoms with van der Waals surface area (Å²) in [5.41, 5.74) is 7.22. The van der Waals surface area contributed by atoms with Gasteiger partial charge in [-0.15, -0.1) is 0 Å². The molecular weight excluding hydrogens is 287 g/mol. The lowest BCUT2D eigenvalue weighted by atomic mass is 10.1. The molecule has 0 aliphatic carbocycles. The van der Waals surface area contributed by atoms with Gasteiger partial charge >= 0.3 is 0 Å². The smallest absolute Gasteiger partial charge is 0.250 e. The molecule has 3 aromatic rings. The summed E-state index contributed by atoms with van der Waals surface area (Å²) < 4.78 is 19.2. The number of alkyl halides is 1. The maximum atomic E-state index is 12.5. The van der Waals surface area contributed by atoms with Crippen LogP contribution in [0, 0.1) is 0 Å². The average Bonchev–Trinajstić information content (AvgIpc) is 3.04. The Hall–Kier alpha value is -2.96. The molecule has 22 heavy (non-hydrogen) atoms. The van der Waals surface area contributed by atoms with E-state index in [-0.39, 0.29) is 18.1 Å². The van der Waals surface area contributed by atoms with E-state index in [0.717, 1.165) is 0 Å². The van der Waals surface area contributed by atoms with Crippen molar-refractivity contribution in [2.75, 3.05) is 12.4 Å². The van der Waals surface area contributed by atoms with Crippen molar-refractivity contribution in [3.8, 4) is 22.6 Å². The van der Waals surface area contributed by atoms with Crippen LogP contribution >= 0.6 is 0 Å². The summed E-state index contributed by atoms with van der Waals surface area (Å²) in [6, 6.07) is 6.51. The fourth-order valence-corrected chi connectivity index (χ4v) is 2.16. The second-order valence-electron chi connectivity index (χ2n) is 4.61. The van der Waals surface area contributed by atoms with Gasteiger partial charge in [0.25, 0.3) is 5.56 Å². The lowest BCUT2D eigenvalue weighted by Crippen LogP contribution is -2.19. The minimum atomic E-state index is -0.618. The largest absolute Gasteiger partial charge is 0.463 e. The maximum absolute atomic E-state index is 12.5. The maximum Gasteiger partial charge on any atom is 0.250 e. The molecule has 0 saturated heterocycles. The highest BCUT2D eigenvalue weighted by Gasteiger charge is 2.14. The highest BCUT2D eigenvalue weighted by Crippen LogP contribution is 2.30. The SMILES string of the molecule is Nc1ncc(-c2ccc(=O)n(CCF)c2)c(-c2ccco2)n1. The van der Waals surface area contributed by atoms with E-state index in [1.807, 2.05) is 0 Å². The number of hydrogen-bond donors (Lipinski definition) is 1. The van der Waals surface area contributed by atoms with E-state index in [4.69, 9.17) is 10.2 Å². The van der Waals surface area contributed by atoms with Gasteiger partial charge in [0.1, 0.15) is 12.4 Å². The van der Waals surface area contributed by atoms with Crippen molar-refractivity contribution in [1.29, 1.82) is 0 Å². The Kier molecular flexibility index (Phi) is 3.69. The van der Waals surface area contributed by atoms with Gasteiger partial charge in [-0.2, -0.15) is 0 Å². The number of aryl methyl sites for hydroxylation is 1. The number of halogens is 1. The van der Waals surface area contributed by atoms with Crippen LogP contribution in [0.25, 0.3) is 22.6 Å². The van der Waals surface area contributed by atoms with Gasteiger partial charge in [0, 0.05) is 29.6 Å². The highest BCUT2D eigenvalue weighted by molar-refractivity contribution is 5.78. The van der Waals surface area contributed by atoms with E-state index in [1.54, 1.807) is 30.6 Å². The Labute approximate surface area is 125 Å². The zero-order valence-corrected chi connectivity index (χ0v) is 11.6. The molecule has 2 N–H and O–H groups in total. The standard InChI is InChI=1S/C15H13FN4O2/c16-5-6-20-9-10(3-4-13(20)21)11-8-18-15(17)19-14(11)12-2-1-7-22-12/h1-4,7-9H,5-6H2,(H2,17,18,19). The quantitative estimate of drug-likeness (QED) is 0.797. The van der Waals surface area contributed by atoms with E-state index in [1.165, 1.54) is 16.9 Å². The van der Waals surface area contributed by atoms with Crippen molar-refractivity contribution in [2.24, 2.45) is 0 Å². The van der Waals surface area contributed by atoms with Crippen LogP contribution in [0.2, 0.25) is 0 Å². The van der Waals surface area contributed by atoms with Crippen molar-refractivity contribution in [1.82, 2.24) is 14.5 Å². The molecule has 0 saturated carbocycles. The Bertz CT molecular complexity index is 843. The molecule has 7 heteroatoms. The fourth-order valence-electron chi connectivity index (χ4n) is 2.16. The second kappa shape index (κ2) is 5.80. The number of hydrogen-bond acceptors (Lipinski definition) is 5. The summed E-state index contributed by atoms with van der Waals surface area (Å²) in [7, 11) is 0. The van der Waals surface area contributed by atoms with Crippen LogP contribution in [0.1, 0.15) is 0 Å². The number of pyridine rings is 1. The lowest BCUT2D eigenvalue weighted by molar-refractivity contribution is 0.440. The second-order valence-corrected chi connectivity index (χ2v) is 4.61. The first-order valence-corrected chi connectivity index (χ1v) is 6.62. The van der Waals surface area contributed by atoms with E-state index >= 15 is 0 Å². The molecule has 0 amide bonds. The molecule has 0 atom stereocenters. The van der Waals surface area contributed by atoms with Crippen LogP contribution < -0.4 is 11.3 Å². The van der Waals surface area contributed by atoms with Crippen molar-refractivity contribution >= 4 is 5.95 Å². The zero-order chi connectivity index (χ0) is 15.5. The number of furan rings is 1. The number of anilines is 1. The van der Waals surface area contributed by atoms with E-state index in [0.29, 0.717) is 22.6 Å². The molecule has 0 aromatic carbocycles. The number of rotatable bonds is 4. The van der Waals surface area contributed by atoms with Gasteiger partial charge in [-0.1, -0.05) is 0 Å². The van der Waals surface area contributed by atoms with Crippen molar-refractivity contribution in [3.63, 3.8) is 0 Å². The molecule has 0 fully saturated rings. The lowest BCUT2D eigenvalue weighted by Gasteiger charge is -2.09. The predicted molar refractivity (Wildman–Crippen MR) is 79.8 cm³/mol. The molecular formula is C15H13FN4O2. The van der Waals surface area contributed by atoms with Gasteiger partial charge in [0.2, 0.25) is 5.95 Å². The van der Waals surface area contributed by atoms with Crippen LogP contribution in [-0.4, -0.2) is 21.2 Å². The van der Waals surface area contributed by atoms with E-state index in [2.05, 4.69) is 9.97 Å². The summed E-state index contributed by atoms with van der Waals surface area (Å²) in [5.74, 6) is 0.652. The molecule has 3 aromatic heterocycles. The van der Waals surface area contributed by atoms with Crippen molar-refractivity contribution in [2.45, 2.75) is 6.54 Å². The van der Waals surface area contributed by atoms with Gasteiger partial charge in [-0.3, -0.25) is 4.79 Å². The molecule has 0 bridgehead atoms. The third-order valence-electron chi connectivity index (χ3n) is 3.18. The monoisotopic (exact) mass is 300 g/mol. The van der Waals surface area contributed by atoms with Crippen molar-refractivity contribution in [3.05, 3.63) is 53.3 Å². The Morgan fingerprint density at radius 3 is 2.91 bits per heavy atom. The number of nitrogen functional groups attached to an aromatic ring is 1. The highest BCUT2D eigenvalue weighted by atomic mass is 19.1. The first-order chi connectivity index (χ1) is 10.7. The molecule has 6 nitrogen and oxygen atoms in total. The topological polar surface area (TPSA) is 86.9 Å². The fraction of sp³-hybridized carbons (Fsp3) is 0.133. The van der Waals surface area contributed by atoms with Gasteiger partial charge in [-0.05, 0) is 18.2 Å². The normalized spacial score (nSPS) is 10.8. The molecule has 0 aliphatic heterocycles. The van der Waals surface area contributed by atoms with Crippen LogP contribution in [0.15, 0.2) is 52.1 Å². The molecule has 0 unspecified atom stereocenters. The van der Waals surface area contributed by atoms with Gasteiger partial charge in [0.15, 0.2) is 5.76 Å². The first kappa shape index (κ1) is 14.0. The molecule has 0 radical (unpaired) electrons. The zero-order valence-electron chi connectivity index (χ0n) is 11.6. The molecule has 3 heterocycles. The number of nitrogens with two attached hydrogens (primary N) is 1. The third kappa shape index (κ3) is 2.60. The third-order valence-corrected chi connectivity index (χ3v) is 3.18. The van der Waals surface area contributed by atoms with Crippen LogP contribution in [0.5, 0.6) is 0 Å². The predicted octanol–water partition coefficient (Wildman–Crippen LogP) is 2.12. The molecule has 3 rings (SSSR count). The van der Waals surface area contributed by atoms with Crippen LogP contribution in [0.4, 0.5) is 10.3 Å². The summed E-state index contributed by atoms with van der Waals surface area (Å²) in [4.78, 5) is 19.9. The Morgan fingerprint density at radius 1 is 1.32 bits per heavy atom. The van der Waals surface area contributed by atoms with E-state index < -0.39 is 6.67 Å². The first-order valence-electron chi connectivity index (χ1n) is 6.62. The van der Waals surface area contributed by atoms with Gasteiger partial charge in [0.05, 0.1) is 12.8 Å². The summed E-state index contributed by atoms with van der Waals surface area (Å²) in [6.07, 6.45) is 4.66. The summed E-state index contributed by atoms with van der Waals surface area (Å²) in [5, 5.41) is 0. The van der Waals surface area contributed by atoms with Gasteiger partial charge < -0.3 is 14.7 Å². The minimum Gasteiger partial charge on any atom is -0.463 e. The van der Waals surface area contributed by atoms with Crippen LogP contribution in [0.3, 0.4) is 0 Å². The van der Waals surface area contributed by atoms with Crippen molar-refractivity contribution < 1.29 is 8.81 Å². The number of aromatic nitrogens is 3. The Morgan fingerprint density at radius 2 is 2.18 bits per heavy atom. The minimum absolute atomic E-state index is 0.00140. The molecule has 0 aliphatic rings. The molecule has 112 valence electrons.